The lowest BCUT2D eigenvalue weighted by molar-refractivity contribution is -0.0433. The highest BCUT2D eigenvalue weighted by molar-refractivity contribution is 5.88. The molecule has 2 aromatic rings. The molecule has 1 fully saturated rings. The van der Waals surface area contributed by atoms with Crippen LogP contribution in [0.4, 0.5) is 0 Å². The van der Waals surface area contributed by atoms with Gasteiger partial charge in [-0.05, 0) is 0 Å². The van der Waals surface area contributed by atoms with Gasteiger partial charge in [0.2, 0.25) is 0 Å². The molecule has 106 valence electrons. The Hall–Kier alpha value is -2.05. The molecular weight excluding hydrogens is 264 g/mol. The molecule has 0 aliphatic carbocycles. The van der Waals surface area contributed by atoms with Crippen LogP contribution < -0.4 is 15.1 Å². The van der Waals surface area contributed by atoms with Crippen molar-refractivity contribution in [2.45, 2.75) is 6.29 Å². The van der Waals surface area contributed by atoms with Crippen molar-refractivity contribution in [1.29, 1.82) is 0 Å². The maximum absolute atomic E-state index is 11.7. The van der Waals surface area contributed by atoms with E-state index in [1.165, 1.54) is 13.2 Å². The molecule has 2 heterocycles. The minimum Gasteiger partial charge on any atom is -0.496 e. The summed E-state index contributed by atoms with van der Waals surface area (Å²) in [6.45, 7) is 0.982. The summed E-state index contributed by atoms with van der Waals surface area (Å²) in [6, 6.07) is 4.73. The predicted octanol–water partition coefficient (Wildman–Crippen LogP) is 1.86. The second-order valence-electron chi connectivity index (χ2n) is 4.30. The van der Waals surface area contributed by atoms with Crippen LogP contribution in [-0.2, 0) is 9.47 Å². The van der Waals surface area contributed by atoms with Gasteiger partial charge in [0, 0.05) is 23.8 Å². The highest BCUT2D eigenvalue weighted by Crippen LogP contribution is 2.37. The van der Waals surface area contributed by atoms with Crippen molar-refractivity contribution in [2.24, 2.45) is 0 Å². The third-order valence-corrected chi connectivity index (χ3v) is 3.14. The summed E-state index contributed by atoms with van der Waals surface area (Å²) in [5.41, 5.74) is 0.512. The highest BCUT2D eigenvalue weighted by Gasteiger charge is 2.24. The van der Waals surface area contributed by atoms with Crippen LogP contribution in [0, 0.1) is 0 Å². The fourth-order valence-corrected chi connectivity index (χ4v) is 2.27. The average molecular weight is 278 g/mol. The lowest BCUT2D eigenvalue weighted by Gasteiger charge is -2.14. The second kappa shape index (κ2) is 5.15. The Balaban J connectivity index is 2.30. The number of fused-ring (bicyclic) bond motifs is 1. The van der Waals surface area contributed by atoms with Gasteiger partial charge in [-0.3, -0.25) is 0 Å². The van der Waals surface area contributed by atoms with E-state index >= 15 is 0 Å². The molecule has 6 heteroatoms. The molecule has 0 saturated carbocycles. The third-order valence-electron chi connectivity index (χ3n) is 3.14. The van der Waals surface area contributed by atoms with E-state index in [1.807, 2.05) is 0 Å². The van der Waals surface area contributed by atoms with E-state index in [1.54, 1.807) is 19.2 Å². The first-order chi connectivity index (χ1) is 9.72. The molecule has 6 nitrogen and oxygen atoms in total. The van der Waals surface area contributed by atoms with Gasteiger partial charge in [0.15, 0.2) is 6.29 Å². The van der Waals surface area contributed by atoms with Gasteiger partial charge < -0.3 is 23.4 Å². The van der Waals surface area contributed by atoms with Gasteiger partial charge in [-0.1, -0.05) is 0 Å². The van der Waals surface area contributed by atoms with Crippen molar-refractivity contribution in [1.82, 2.24) is 0 Å². The summed E-state index contributed by atoms with van der Waals surface area (Å²) in [5.74, 6) is 1.08. The molecule has 1 aromatic carbocycles. The first kappa shape index (κ1) is 13.0. The van der Waals surface area contributed by atoms with E-state index in [0.717, 1.165) is 0 Å². The molecule has 1 aliphatic rings. The van der Waals surface area contributed by atoms with Gasteiger partial charge in [0.1, 0.15) is 17.1 Å². The fraction of sp³-hybridized carbons (Fsp3) is 0.357. The normalized spacial score (nSPS) is 15.7. The molecule has 0 spiro atoms. The molecular formula is C14H14O6. The van der Waals surface area contributed by atoms with Gasteiger partial charge in [-0.15, -0.1) is 0 Å². The van der Waals surface area contributed by atoms with Gasteiger partial charge >= 0.3 is 5.63 Å². The third kappa shape index (κ3) is 2.13. The Labute approximate surface area is 114 Å². The van der Waals surface area contributed by atoms with Crippen molar-refractivity contribution >= 4 is 11.0 Å². The van der Waals surface area contributed by atoms with Crippen molar-refractivity contribution in [2.75, 3.05) is 27.4 Å². The average Bonchev–Trinajstić information content (AvgIpc) is 2.98. The zero-order valence-corrected chi connectivity index (χ0v) is 11.2. The molecule has 1 aromatic heterocycles. The largest absolute Gasteiger partial charge is 0.496 e. The van der Waals surface area contributed by atoms with Crippen LogP contribution in [0.3, 0.4) is 0 Å². The van der Waals surface area contributed by atoms with E-state index in [2.05, 4.69) is 0 Å². The van der Waals surface area contributed by atoms with Crippen LogP contribution in [0.1, 0.15) is 11.9 Å². The van der Waals surface area contributed by atoms with Crippen LogP contribution in [0.2, 0.25) is 0 Å². The molecule has 0 bridgehead atoms. The van der Waals surface area contributed by atoms with Crippen LogP contribution in [0.15, 0.2) is 27.4 Å². The van der Waals surface area contributed by atoms with Gasteiger partial charge in [-0.2, -0.15) is 0 Å². The lowest BCUT2D eigenvalue weighted by Crippen LogP contribution is -2.07. The number of hydrogen-bond acceptors (Lipinski definition) is 6. The zero-order chi connectivity index (χ0) is 14.1. The maximum Gasteiger partial charge on any atom is 0.336 e. The maximum atomic E-state index is 11.7. The number of ether oxygens (including phenoxy) is 4. The number of hydrogen-bond donors (Lipinski definition) is 0. The molecule has 0 amide bonds. The monoisotopic (exact) mass is 278 g/mol. The quantitative estimate of drug-likeness (QED) is 0.798. The smallest absolute Gasteiger partial charge is 0.336 e. The van der Waals surface area contributed by atoms with Crippen molar-refractivity contribution < 1.29 is 23.4 Å². The summed E-state index contributed by atoms with van der Waals surface area (Å²) >= 11 is 0. The molecule has 3 rings (SSSR count). The second-order valence-corrected chi connectivity index (χ2v) is 4.30. The summed E-state index contributed by atoms with van der Waals surface area (Å²) in [5, 5.41) is 0.653. The molecule has 1 aliphatic heterocycles. The van der Waals surface area contributed by atoms with E-state index < -0.39 is 11.9 Å². The summed E-state index contributed by atoms with van der Waals surface area (Å²) in [7, 11) is 3.07. The topological polar surface area (TPSA) is 67.1 Å². The fourth-order valence-electron chi connectivity index (χ4n) is 2.27. The summed E-state index contributed by atoms with van der Waals surface area (Å²) in [6.07, 6.45) is -0.580. The minimum absolute atomic E-state index is 0.378. The number of methoxy groups -OCH3 is 2. The molecule has 20 heavy (non-hydrogen) atoms. The zero-order valence-electron chi connectivity index (χ0n) is 11.2. The van der Waals surface area contributed by atoms with Crippen LogP contribution in [0.25, 0.3) is 11.0 Å². The van der Waals surface area contributed by atoms with E-state index in [9.17, 15) is 4.79 Å². The van der Waals surface area contributed by atoms with Crippen LogP contribution >= 0.6 is 0 Å². The Morgan fingerprint density at radius 1 is 1.10 bits per heavy atom. The van der Waals surface area contributed by atoms with Crippen LogP contribution in [0.5, 0.6) is 11.5 Å². The van der Waals surface area contributed by atoms with E-state index in [0.29, 0.717) is 41.2 Å². The van der Waals surface area contributed by atoms with Crippen molar-refractivity contribution in [3.05, 3.63) is 34.2 Å². The SMILES string of the molecule is COc1cc(OC)c2c(C3OCCO3)cc(=O)oc2c1. The minimum atomic E-state index is -0.580. The first-order valence-electron chi connectivity index (χ1n) is 6.16. The first-order valence-corrected chi connectivity index (χ1v) is 6.16. The Bertz CT molecular complexity index is 684. The molecule has 1 saturated heterocycles. The molecule has 0 unspecified atom stereocenters. The van der Waals surface area contributed by atoms with Crippen molar-refractivity contribution in [3.8, 4) is 11.5 Å². The van der Waals surface area contributed by atoms with Crippen molar-refractivity contribution in [3.63, 3.8) is 0 Å². The van der Waals surface area contributed by atoms with E-state index in [-0.39, 0.29) is 0 Å². The predicted molar refractivity (Wildman–Crippen MR) is 70.2 cm³/mol. The molecule has 0 atom stereocenters. The standard InChI is InChI=1S/C14H14O6/c1-16-8-5-10(17-2)13-9(14-18-3-4-19-14)7-12(15)20-11(13)6-8/h5-7,14H,3-4H2,1-2H3. The summed E-state index contributed by atoms with van der Waals surface area (Å²) < 4.78 is 26.7. The summed E-state index contributed by atoms with van der Waals surface area (Å²) in [4.78, 5) is 11.7. The van der Waals surface area contributed by atoms with E-state index in [4.69, 9.17) is 23.4 Å². The Kier molecular flexibility index (Phi) is 3.33. The van der Waals surface area contributed by atoms with Gasteiger partial charge in [0.05, 0.1) is 32.8 Å². The number of rotatable bonds is 3. The molecule has 0 radical (unpaired) electrons. The van der Waals surface area contributed by atoms with Gasteiger partial charge in [-0.25, -0.2) is 4.79 Å². The van der Waals surface area contributed by atoms with Gasteiger partial charge in [0.25, 0.3) is 0 Å². The van der Waals surface area contributed by atoms with Crippen LogP contribution in [-0.4, -0.2) is 27.4 Å². The Morgan fingerprint density at radius 3 is 2.50 bits per heavy atom. The lowest BCUT2D eigenvalue weighted by atomic mass is 10.1. The Morgan fingerprint density at radius 2 is 1.85 bits per heavy atom. The molecule has 0 N–H and O–H groups in total. The highest BCUT2D eigenvalue weighted by atomic mass is 16.7. The number of benzene rings is 1.